The Morgan fingerprint density at radius 2 is 2.23 bits per heavy atom. The first-order valence-electron chi connectivity index (χ1n) is 4.37. The number of benzene rings is 1. The van der Waals surface area contributed by atoms with Gasteiger partial charge < -0.3 is 16.2 Å². The van der Waals surface area contributed by atoms with E-state index < -0.39 is 0 Å². The first kappa shape index (κ1) is 9.86. The summed E-state index contributed by atoms with van der Waals surface area (Å²) in [6.45, 7) is 4.00. The van der Waals surface area contributed by atoms with Crippen molar-refractivity contribution in [1.82, 2.24) is 0 Å². The van der Waals surface area contributed by atoms with Crippen molar-refractivity contribution in [2.75, 3.05) is 17.7 Å². The zero-order valence-electron chi connectivity index (χ0n) is 8.04. The molecule has 0 fully saturated rings. The number of aliphatic hydroxyl groups excluding tert-OH is 1. The maximum Gasteiger partial charge on any atom is 0.0630 e. The summed E-state index contributed by atoms with van der Waals surface area (Å²) in [6.07, 6.45) is 0. The molecule has 0 saturated carbocycles. The molecule has 1 aromatic rings. The molecule has 0 heterocycles. The second-order valence-corrected chi connectivity index (χ2v) is 3.25. The predicted molar refractivity (Wildman–Crippen MR) is 55.8 cm³/mol. The normalized spacial score (nSPS) is 12.5. The second-order valence-electron chi connectivity index (χ2n) is 3.25. The average Bonchev–Trinajstić information content (AvgIpc) is 2.13. The molecule has 1 atom stereocenters. The minimum Gasteiger partial charge on any atom is -0.398 e. The number of nitrogens with two attached hydrogens (primary N) is 1. The van der Waals surface area contributed by atoms with Gasteiger partial charge in [-0.1, -0.05) is 6.07 Å². The molecular weight excluding hydrogens is 164 g/mol. The Hall–Kier alpha value is -1.22. The largest absolute Gasteiger partial charge is 0.398 e. The van der Waals surface area contributed by atoms with Gasteiger partial charge in [-0.15, -0.1) is 0 Å². The molecule has 0 saturated heterocycles. The van der Waals surface area contributed by atoms with Gasteiger partial charge in [-0.05, 0) is 31.5 Å². The number of nitrogen functional groups attached to an aromatic ring is 1. The summed E-state index contributed by atoms with van der Waals surface area (Å²) in [5, 5.41) is 12.0. The lowest BCUT2D eigenvalue weighted by atomic mass is 10.1. The molecule has 0 aliphatic carbocycles. The van der Waals surface area contributed by atoms with Crippen molar-refractivity contribution in [2.45, 2.75) is 19.9 Å². The fourth-order valence-corrected chi connectivity index (χ4v) is 1.12. The maximum atomic E-state index is 8.86. The van der Waals surface area contributed by atoms with Gasteiger partial charge in [-0.25, -0.2) is 0 Å². The molecule has 1 rings (SSSR count). The summed E-state index contributed by atoms with van der Waals surface area (Å²) >= 11 is 0. The number of anilines is 2. The van der Waals surface area contributed by atoms with Crippen LogP contribution in [-0.2, 0) is 0 Å². The van der Waals surface area contributed by atoms with Crippen molar-refractivity contribution >= 4 is 11.4 Å². The molecule has 3 heteroatoms. The third-order valence-corrected chi connectivity index (χ3v) is 2.05. The number of hydrogen-bond donors (Lipinski definition) is 3. The minimum absolute atomic E-state index is 0.0560. The molecule has 0 amide bonds. The lowest BCUT2D eigenvalue weighted by Gasteiger charge is -2.15. The van der Waals surface area contributed by atoms with Crippen molar-refractivity contribution in [3.63, 3.8) is 0 Å². The highest BCUT2D eigenvalue weighted by atomic mass is 16.3. The Kier molecular flexibility index (Phi) is 3.14. The minimum atomic E-state index is 0.0560. The van der Waals surface area contributed by atoms with E-state index in [-0.39, 0.29) is 12.6 Å². The van der Waals surface area contributed by atoms with Crippen LogP contribution in [0.1, 0.15) is 12.5 Å². The summed E-state index contributed by atoms with van der Waals surface area (Å²) < 4.78 is 0. The Labute approximate surface area is 78.6 Å². The standard InChI is InChI=1S/C10H16N2O/c1-7(6-13)12-10-5-3-4-9(11)8(10)2/h3-5,7,12-13H,6,11H2,1-2H3. The van der Waals surface area contributed by atoms with Gasteiger partial charge in [-0.3, -0.25) is 0 Å². The van der Waals surface area contributed by atoms with Crippen LogP contribution in [0.4, 0.5) is 11.4 Å². The van der Waals surface area contributed by atoms with Crippen LogP contribution in [-0.4, -0.2) is 17.8 Å². The van der Waals surface area contributed by atoms with Crippen molar-refractivity contribution < 1.29 is 5.11 Å². The van der Waals surface area contributed by atoms with Crippen LogP contribution >= 0.6 is 0 Å². The van der Waals surface area contributed by atoms with Crippen LogP contribution in [0, 0.1) is 6.92 Å². The highest BCUT2D eigenvalue weighted by Gasteiger charge is 2.03. The summed E-state index contributed by atoms with van der Waals surface area (Å²) in [5.41, 5.74) is 8.53. The van der Waals surface area contributed by atoms with Crippen LogP contribution in [0.25, 0.3) is 0 Å². The van der Waals surface area contributed by atoms with Gasteiger partial charge >= 0.3 is 0 Å². The Morgan fingerprint density at radius 1 is 1.54 bits per heavy atom. The summed E-state index contributed by atoms with van der Waals surface area (Å²) in [7, 11) is 0. The smallest absolute Gasteiger partial charge is 0.0630 e. The molecule has 3 nitrogen and oxygen atoms in total. The van der Waals surface area contributed by atoms with E-state index in [1.54, 1.807) is 0 Å². The first-order valence-corrected chi connectivity index (χ1v) is 4.37. The Balaban J connectivity index is 2.83. The molecule has 0 aliphatic rings. The number of nitrogens with one attached hydrogen (secondary N) is 1. The number of hydrogen-bond acceptors (Lipinski definition) is 3. The lowest BCUT2D eigenvalue weighted by Crippen LogP contribution is -2.19. The third-order valence-electron chi connectivity index (χ3n) is 2.05. The molecule has 1 unspecified atom stereocenters. The molecule has 0 aliphatic heterocycles. The molecule has 72 valence electrons. The van der Waals surface area contributed by atoms with Crippen molar-refractivity contribution in [2.24, 2.45) is 0 Å². The quantitative estimate of drug-likeness (QED) is 0.616. The molecule has 4 N–H and O–H groups in total. The molecule has 0 aromatic heterocycles. The highest BCUT2D eigenvalue weighted by molar-refractivity contribution is 5.63. The first-order chi connectivity index (χ1) is 6.15. The summed E-state index contributed by atoms with van der Waals surface area (Å²) in [5.74, 6) is 0. The lowest BCUT2D eigenvalue weighted by molar-refractivity contribution is 0.281. The number of rotatable bonds is 3. The molecular formula is C10H16N2O. The van der Waals surface area contributed by atoms with E-state index in [1.165, 1.54) is 0 Å². The van der Waals surface area contributed by atoms with Crippen molar-refractivity contribution in [1.29, 1.82) is 0 Å². The summed E-state index contributed by atoms with van der Waals surface area (Å²) in [4.78, 5) is 0. The van der Waals surface area contributed by atoms with Crippen LogP contribution in [0.2, 0.25) is 0 Å². The molecule has 0 bridgehead atoms. The zero-order chi connectivity index (χ0) is 9.84. The third kappa shape index (κ3) is 2.36. The van der Waals surface area contributed by atoms with E-state index in [0.29, 0.717) is 0 Å². The average molecular weight is 180 g/mol. The van der Waals surface area contributed by atoms with Crippen LogP contribution < -0.4 is 11.1 Å². The maximum absolute atomic E-state index is 8.86. The monoisotopic (exact) mass is 180 g/mol. The zero-order valence-corrected chi connectivity index (χ0v) is 8.04. The fourth-order valence-electron chi connectivity index (χ4n) is 1.12. The van der Waals surface area contributed by atoms with Gasteiger partial charge in [0, 0.05) is 17.4 Å². The van der Waals surface area contributed by atoms with Gasteiger partial charge in [-0.2, -0.15) is 0 Å². The van der Waals surface area contributed by atoms with Gasteiger partial charge in [0.2, 0.25) is 0 Å². The van der Waals surface area contributed by atoms with E-state index in [4.69, 9.17) is 10.8 Å². The van der Waals surface area contributed by atoms with E-state index >= 15 is 0 Å². The van der Waals surface area contributed by atoms with Gasteiger partial charge in [0.25, 0.3) is 0 Å². The van der Waals surface area contributed by atoms with E-state index in [1.807, 2.05) is 32.0 Å². The van der Waals surface area contributed by atoms with Crippen molar-refractivity contribution in [3.05, 3.63) is 23.8 Å². The van der Waals surface area contributed by atoms with Gasteiger partial charge in [0.1, 0.15) is 0 Å². The van der Waals surface area contributed by atoms with Crippen LogP contribution in [0.15, 0.2) is 18.2 Å². The molecule has 0 spiro atoms. The fraction of sp³-hybridized carbons (Fsp3) is 0.400. The van der Waals surface area contributed by atoms with Gasteiger partial charge in [0.15, 0.2) is 0 Å². The van der Waals surface area contributed by atoms with Crippen LogP contribution in [0.3, 0.4) is 0 Å². The molecule has 13 heavy (non-hydrogen) atoms. The number of aliphatic hydroxyl groups is 1. The van der Waals surface area contributed by atoms with E-state index in [2.05, 4.69) is 5.32 Å². The summed E-state index contributed by atoms with van der Waals surface area (Å²) in [6, 6.07) is 5.78. The second kappa shape index (κ2) is 4.14. The SMILES string of the molecule is Cc1c(N)cccc1NC(C)CO. The predicted octanol–water partition coefficient (Wildman–Crippen LogP) is 1.37. The van der Waals surface area contributed by atoms with E-state index in [0.717, 1.165) is 16.9 Å². The van der Waals surface area contributed by atoms with E-state index in [9.17, 15) is 0 Å². The van der Waals surface area contributed by atoms with Gasteiger partial charge in [0.05, 0.1) is 6.61 Å². The van der Waals surface area contributed by atoms with Crippen LogP contribution in [0.5, 0.6) is 0 Å². The Morgan fingerprint density at radius 3 is 2.85 bits per heavy atom. The van der Waals surface area contributed by atoms with Crippen molar-refractivity contribution in [3.8, 4) is 0 Å². The molecule has 1 aromatic carbocycles. The highest BCUT2D eigenvalue weighted by Crippen LogP contribution is 2.20. The molecule has 0 radical (unpaired) electrons. The topological polar surface area (TPSA) is 58.3 Å². The Bertz CT molecular complexity index is 286.